The largest absolute Gasteiger partial charge is 0.549 e. The maximum absolute atomic E-state index is 12.3. The number of hydrogen-bond acceptors (Lipinski definition) is 6. The molecule has 1 unspecified atom stereocenters. The fourth-order valence-electron chi connectivity index (χ4n) is 5.54. The monoisotopic (exact) mass is 596 g/mol. The summed E-state index contributed by atoms with van der Waals surface area (Å²) in [5.41, 5.74) is -2.19. The van der Waals surface area contributed by atoms with Gasteiger partial charge in [-0.25, -0.2) is 0 Å². The van der Waals surface area contributed by atoms with E-state index in [-0.39, 0.29) is 25.1 Å². The predicted octanol–water partition coefficient (Wildman–Crippen LogP) is 6.88. The van der Waals surface area contributed by atoms with Crippen LogP contribution in [0.4, 0.5) is 0 Å². The van der Waals surface area contributed by atoms with Crippen molar-refractivity contribution >= 4 is 22.1 Å². The van der Waals surface area contributed by atoms with Crippen molar-refractivity contribution in [2.75, 3.05) is 0 Å². The molecule has 0 fully saturated rings. The van der Waals surface area contributed by atoms with E-state index in [0.29, 0.717) is 25.7 Å². The molecule has 0 rings (SSSR count). The quantitative estimate of drug-likeness (QED) is 0.0643. The molecule has 242 valence electrons. The Bertz CT molecular complexity index is 691. The SMILES string of the molecule is CCCCCCCCCCCCCC(CCCCCCCCCCCCC)(C(=O)[O-])C(C(=O)[O-])S(=O)(=O)O.[NH4+].[NH4+]. The zero-order chi connectivity index (χ0) is 28.7. The van der Waals surface area contributed by atoms with E-state index in [1.807, 2.05) is 0 Å². The number of carbonyl (C=O) groups is 2. The van der Waals surface area contributed by atoms with Crippen molar-refractivity contribution in [3.05, 3.63) is 0 Å². The Morgan fingerprint density at radius 1 is 0.575 bits per heavy atom. The molecule has 10 heteroatoms. The Morgan fingerprint density at radius 2 is 0.825 bits per heavy atom. The molecule has 9 nitrogen and oxygen atoms in total. The fourth-order valence-corrected chi connectivity index (χ4v) is 6.69. The second-order valence-electron chi connectivity index (χ2n) is 11.2. The molecule has 0 aliphatic carbocycles. The van der Waals surface area contributed by atoms with Gasteiger partial charge in [0.05, 0.1) is 5.97 Å². The van der Waals surface area contributed by atoms with Gasteiger partial charge in [-0.3, -0.25) is 4.55 Å². The van der Waals surface area contributed by atoms with E-state index in [9.17, 15) is 32.8 Å². The summed E-state index contributed by atoms with van der Waals surface area (Å²) in [4.78, 5) is 24.0. The maximum atomic E-state index is 12.3. The van der Waals surface area contributed by atoms with E-state index in [4.69, 9.17) is 0 Å². The van der Waals surface area contributed by atoms with Crippen LogP contribution in [0.5, 0.6) is 0 Å². The summed E-state index contributed by atoms with van der Waals surface area (Å²) >= 11 is 0. The van der Waals surface area contributed by atoms with Crippen molar-refractivity contribution in [3.8, 4) is 0 Å². The Morgan fingerprint density at radius 3 is 1.02 bits per heavy atom. The van der Waals surface area contributed by atoms with E-state index in [0.717, 1.165) is 38.5 Å². The van der Waals surface area contributed by atoms with Crippen molar-refractivity contribution in [3.63, 3.8) is 0 Å². The lowest BCUT2D eigenvalue weighted by Crippen LogP contribution is -2.59. The minimum absolute atomic E-state index is 0. The Labute approximate surface area is 245 Å². The summed E-state index contributed by atoms with van der Waals surface area (Å²) in [7, 11) is -5.18. The van der Waals surface area contributed by atoms with Gasteiger partial charge in [-0.15, -0.1) is 0 Å². The molecule has 0 aromatic rings. The first-order chi connectivity index (χ1) is 18.1. The number of rotatable bonds is 28. The van der Waals surface area contributed by atoms with Crippen LogP contribution in [0, 0.1) is 5.41 Å². The van der Waals surface area contributed by atoms with Gasteiger partial charge in [-0.2, -0.15) is 8.42 Å². The number of carbonyl (C=O) groups excluding carboxylic acids is 2. The highest BCUT2D eigenvalue weighted by molar-refractivity contribution is 7.87. The van der Waals surface area contributed by atoms with Gasteiger partial charge in [0.25, 0.3) is 10.1 Å². The summed E-state index contributed by atoms with van der Waals surface area (Å²) < 4.78 is 33.6. The average Bonchev–Trinajstić information content (AvgIpc) is 2.84. The molecule has 0 heterocycles. The second-order valence-corrected chi connectivity index (χ2v) is 12.7. The van der Waals surface area contributed by atoms with E-state index < -0.39 is 32.7 Å². The van der Waals surface area contributed by atoms with Crippen LogP contribution in [-0.4, -0.2) is 30.2 Å². The summed E-state index contributed by atoms with van der Waals surface area (Å²) in [5, 5.41) is 21.5. The highest BCUT2D eigenvalue weighted by Crippen LogP contribution is 2.38. The topological polar surface area (TPSA) is 208 Å². The summed E-state index contributed by atoms with van der Waals surface area (Å²) in [5.74, 6) is -3.81. The van der Waals surface area contributed by atoms with Crippen LogP contribution in [0.15, 0.2) is 0 Å². The molecule has 0 bridgehead atoms. The molecule has 0 amide bonds. The molecule has 0 aromatic heterocycles. The minimum Gasteiger partial charge on any atom is -0.549 e. The van der Waals surface area contributed by atoms with Crippen molar-refractivity contribution in [2.24, 2.45) is 5.41 Å². The lowest BCUT2D eigenvalue weighted by molar-refractivity contribution is -0.328. The van der Waals surface area contributed by atoms with Crippen LogP contribution in [-0.2, 0) is 19.7 Å². The van der Waals surface area contributed by atoms with Crippen LogP contribution in [0.25, 0.3) is 0 Å². The Kier molecular flexibility index (Phi) is 28.8. The molecule has 0 saturated heterocycles. The van der Waals surface area contributed by atoms with Crippen LogP contribution in [0.1, 0.15) is 168 Å². The molecule has 0 saturated carbocycles. The number of unbranched alkanes of at least 4 members (excludes halogenated alkanes) is 20. The van der Waals surface area contributed by atoms with Crippen molar-refractivity contribution in [1.29, 1.82) is 0 Å². The lowest BCUT2D eigenvalue weighted by atomic mass is 9.74. The standard InChI is InChI=1S/C30H58O7S.2H3N/c1-3-5-7-9-11-13-15-17-19-21-23-25-30(29(33)34,27(28(31)32)38(35,36)37)26-24-22-20-18-16-14-12-10-8-6-4-2;;/h27H,3-26H2,1-2H3,(H,31,32)(H,33,34)(H,35,36,37);2*1H3. The van der Waals surface area contributed by atoms with E-state index in [1.54, 1.807) is 0 Å². The van der Waals surface area contributed by atoms with Crippen LogP contribution >= 0.6 is 0 Å². The molecule has 0 radical (unpaired) electrons. The number of quaternary nitrogens is 2. The van der Waals surface area contributed by atoms with Crippen LogP contribution < -0.4 is 22.5 Å². The van der Waals surface area contributed by atoms with E-state index >= 15 is 0 Å². The zero-order valence-corrected chi connectivity index (χ0v) is 27.2. The fraction of sp³-hybridized carbons (Fsp3) is 0.933. The third-order valence-corrected chi connectivity index (χ3v) is 9.11. The summed E-state index contributed by atoms with van der Waals surface area (Å²) in [6.45, 7) is 4.39. The zero-order valence-electron chi connectivity index (χ0n) is 26.4. The highest BCUT2D eigenvalue weighted by Gasteiger charge is 2.47. The molecular weight excluding hydrogens is 532 g/mol. The third kappa shape index (κ3) is 19.8. The first-order valence-corrected chi connectivity index (χ1v) is 17.0. The molecule has 40 heavy (non-hydrogen) atoms. The first kappa shape index (κ1) is 43.2. The summed E-state index contributed by atoms with van der Waals surface area (Å²) in [6.07, 6.45) is 22.5. The van der Waals surface area contributed by atoms with Crippen molar-refractivity contribution < 1.29 is 32.8 Å². The van der Waals surface area contributed by atoms with Gasteiger partial charge < -0.3 is 32.1 Å². The molecule has 1 atom stereocenters. The molecule has 0 spiro atoms. The average molecular weight is 597 g/mol. The van der Waals surface area contributed by atoms with Crippen molar-refractivity contribution in [2.45, 2.75) is 173 Å². The molecule has 9 N–H and O–H groups in total. The number of carboxylic acid groups (broad SMARTS) is 2. The number of aliphatic carboxylic acids is 2. The predicted molar refractivity (Wildman–Crippen MR) is 162 cm³/mol. The van der Waals surface area contributed by atoms with Gasteiger partial charge in [0.15, 0.2) is 0 Å². The Balaban J connectivity index is -0.00000684. The van der Waals surface area contributed by atoms with Crippen LogP contribution in [0.3, 0.4) is 0 Å². The molecular formula is C30H64N2O7S. The molecule has 0 aliphatic rings. The van der Waals surface area contributed by atoms with Crippen LogP contribution in [0.2, 0.25) is 0 Å². The highest BCUT2D eigenvalue weighted by atomic mass is 32.2. The number of carboxylic acids is 2. The normalized spacial score (nSPS) is 12.4. The Hall–Kier alpha value is -1.23. The van der Waals surface area contributed by atoms with Crippen molar-refractivity contribution in [1.82, 2.24) is 12.3 Å². The molecule has 0 aromatic carbocycles. The first-order valence-electron chi connectivity index (χ1n) is 15.5. The van der Waals surface area contributed by atoms with E-state index in [2.05, 4.69) is 13.8 Å². The lowest BCUT2D eigenvalue weighted by Gasteiger charge is -2.40. The van der Waals surface area contributed by atoms with Gasteiger partial charge in [0.2, 0.25) is 0 Å². The number of hydrogen-bond donors (Lipinski definition) is 3. The summed E-state index contributed by atoms with van der Waals surface area (Å²) in [6, 6.07) is 0. The van der Waals surface area contributed by atoms with Gasteiger partial charge >= 0.3 is 0 Å². The smallest absolute Gasteiger partial charge is 0.274 e. The van der Waals surface area contributed by atoms with Gasteiger partial charge in [0.1, 0.15) is 5.25 Å². The van der Waals surface area contributed by atoms with Gasteiger partial charge in [-0.05, 0) is 12.8 Å². The van der Waals surface area contributed by atoms with Gasteiger partial charge in [-0.1, -0.05) is 155 Å². The maximum Gasteiger partial charge on any atom is 0.274 e. The molecule has 0 aliphatic heterocycles. The minimum atomic E-state index is -5.18. The van der Waals surface area contributed by atoms with Gasteiger partial charge in [0, 0.05) is 11.4 Å². The second kappa shape index (κ2) is 26.7. The van der Waals surface area contributed by atoms with E-state index in [1.165, 1.54) is 77.0 Å². The third-order valence-electron chi connectivity index (χ3n) is 7.87.